The van der Waals surface area contributed by atoms with Gasteiger partial charge >= 0.3 is 12.1 Å². The fourth-order valence-electron chi connectivity index (χ4n) is 4.61. The number of hydrogen-bond donors (Lipinski definition) is 0. The molecule has 1 heterocycles. The van der Waals surface area contributed by atoms with Gasteiger partial charge in [-0.1, -0.05) is 87.5 Å². The molecule has 3 rings (SSSR count). The van der Waals surface area contributed by atoms with Crippen molar-refractivity contribution in [1.29, 1.82) is 0 Å². The quantitative estimate of drug-likeness (QED) is 0.477. The van der Waals surface area contributed by atoms with Crippen molar-refractivity contribution < 1.29 is 23.5 Å². The van der Waals surface area contributed by atoms with Gasteiger partial charge in [0, 0.05) is 0 Å². The summed E-state index contributed by atoms with van der Waals surface area (Å²) >= 11 is 0. The molecule has 6 nitrogen and oxygen atoms in total. The molecule has 176 valence electrons. The number of carbonyl (C=O) groups is 2. The van der Waals surface area contributed by atoms with Gasteiger partial charge in [0.1, 0.15) is 5.70 Å². The zero-order valence-corrected chi connectivity index (χ0v) is 21.0. The Morgan fingerprint density at radius 2 is 1.48 bits per heavy atom. The van der Waals surface area contributed by atoms with Crippen LogP contribution in [0.4, 0.5) is 4.79 Å². The monoisotopic (exact) mass is 467 g/mol. The van der Waals surface area contributed by atoms with Crippen LogP contribution in [0.5, 0.6) is 0 Å². The van der Waals surface area contributed by atoms with Gasteiger partial charge in [-0.05, 0) is 28.3 Å². The molecule has 2 aromatic rings. The molecular formula is C26H33NO5Si. The van der Waals surface area contributed by atoms with E-state index in [1.807, 2.05) is 36.4 Å². The lowest BCUT2D eigenvalue weighted by Crippen LogP contribution is -2.67. The maximum absolute atomic E-state index is 12.7. The second-order valence-electron chi connectivity index (χ2n) is 9.13. The first kappa shape index (κ1) is 24.7. The van der Waals surface area contributed by atoms with E-state index < -0.39 is 20.4 Å². The van der Waals surface area contributed by atoms with E-state index in [9.17, 15) is 9.59 Å². The molecule has 1 aliphatic rings. The minimum absolute atomic E-state index is 0.193. The van der Waals surface area contributed by atoms with Gasteiger partial charge in [-0.25, -0.2) is 9.59 Å². The highest BCUT2D eigenvalue weighted by molar-refractivity contribution is 6.99. The smallest absolute Gasteiger partial charge is 0.414 e. The molecule has 7 heteroatoms. The van der Waals surface area contributed by atoms with Gasteiger partial charge in [0.2, 0.25) is 0 Å². The molecule has 0 fully saturated rings. The predicted molar refractivity (Wildman–Crippen MR) is 131 cm³/mol. The van der Waals surface area contributed by atoms with Gasteiger partial charge in [-0.2, -0.15) is 0 Å². The van der Waals surface area contributed by atoms with Crippen LogP contribution in [0.3, 0.4) is 0 Å². The Kier molecular flexibility index (Phi) is 7.76. The predicted octanol–water partition coefficient (Wildman–Crippen LogP) is 3.85. The third-order valence-electron chi connectivity index (χ3n) is 6.14. The van der Waals surface area contributed by atoms with E-state index in [2.05, 4.69) is 45.0 Å². The average Bonchev–Trinajstić information content (AvgIpc) is 2.83. The Balaban J connectivity index is 2.05. The number of nitrogens with zero attached hydrogens (tertiary/aromatic N) is 1. The van der Waals surface area contributed by atoms with Crippen LogP contribution in [0.1, 0.15) is 33.6 Å². The van der Waals surface area contributed by atoms with E-state index in [0.29, 0.717) is 12.8 Å². The topological polar surface area (TPSA) is 65.1 Å². The van der Waals surface area contributed by atoms with E-state index >= 15 is 0 Å². The Bertz CT molecular complexity index is 945. The Labute approximate surface area is 197 Å². The summed E-state index contributed by atoms with van der Waals surface area (Å²) in [5, 5.41) is 2.13. The van der Waals surface area contributed by atoms with Crippen molar-refractivity contribution in [3.05, 3.63) is 72.4 Å². The Hall–Kier alpha value is -2.90. The summed E-state index contributed by atoms with van der Waals surface area (Å²) in [7, 11) is -0.162. The summed E-state index contributed by atoms with van der Waals surface area (Å²) in [4.78, 5) is 26.4. The van der Waals surface area contributed by atoms with Crippen LogP contribution >= 0.6 is 0 Å². The molecule has 0 unspecified atom stereocenters. The molecule has 1 atom stereocenters. The molecule has 1 aliphatic heterocycles. The molecule has 0 N–H and O–H groups in total. The zero-order chi connectivity index (χ0) is 24.1. The molecule has 0 spiro atoms. The van der Waals surface area contributed by atoms with Crippen LogP contribution in [-0.4, -0.2) is 52.1 Å². The lowest BCUT2D eigenvalue weighted by molar-refractivity contribution is -0.138. The SMILES string of the molecule is COC(=O)C1=CCC[C@H](CO[Si](c2ccccc2)(c2ccccc2)C(C)(C)C)N1C(=O)OC. The van der Waals surface area contributed by atoms with Crippen LogP contribution in [0, 0.1) is 0 Å². The highest BCUT2D eigenvalue weighted by Gasteiger charge is 2.51. The number of amides is 1. The number of benzene rings is 2. The van der Waals surface area contributed by atoms with Crippen molar-refractivity contribution in [2.75, 3.05) is 20.8 Å². The van der Waals surface area contributed by atoms with E-state index in [0.717, 1.165) is 10.4 Å². The van der Waals surface area contributed by atoms with Crippen LogP contribution in [0.2, 0.25) is 5.04 Å². The molecule has 0 saturated heterocycles. The first-order valence-electron chi connectivity index (χ1n) is 11.2. The van der Waals surface area contributed by atoms with Crippen molar-refractivity contribution >= 4 is 30.8 Å². The summed E-state index contributed by atoms with van der Waals surface area (Å²) in [6.45, 7) is 6.89. The number of rotatable bonds is 6. The molecule has 0 aliphatic carbocycles. The minimum atomic E-state index is -2.78. The first-order valence-corrected chi connectivity index (χ1v) is 13.1. The molecule has 33 heavy (non-hydrogen) atoms. The highest BCUT2D eigenvalue weighted by Crippen LogP contribution is 2.37. The molecule has 1 amide bonds. The van der Waals surface area contributed by atoms with E-state index in [1.165, 1.54) is 19.1 Å². The highest BCUT2D eigenvalue weighted by atomic mass is 28.4. The summed E-state index contributed by atoms with van der Waals surface area (Å²) < 4.78 is 16.9. The maximum atomic E-state index is 12.7. The minimum Gasteiger partial charge on any atom is -0.464 e. The molecule has 0 radical (unpaired) electrons. The molecule has 0 saturated carbocycles. The van der Waals surface area contributed by atoms with Gasteiger partial charge in [0.25, 0.3) is 8.32 Å². The van der Waals surface area contributed by atoms with Crippen molar-refractivity contribution in [2.45, 2.75) is 44.7 Å². The van der Waals surface area contributed by atoms with E-state index in [-0.39, 0.29) is 23.4 Å². The van der Waals surface area contributed by atoms with Crippen molar-refractivity contribution in [1.82, 2.24) is 4.90 Å². The van der Waals surface area contributed by atoms with Crippen molar-refractivity contribution in [3.63, 3.8) is 0 Å². The molecule has 2 aromatic carbocycles. The van der Waals surface area contributed by atoms with E-state index in [1.54, 1.807) is 6.08 Å². The normalized spacial score (nSPS) is 16.7. The summed E-state index contributed by atoms with van der Waals surface area (Å²) in [5.74, 6) is -0.560. The zero-order valence-electron chi connectivity index (χ0n) is 20.0. The van der Waals surface area contributed by atoms with E-state index in [4.69, 9.17) is 13.9 Å². The Morgan fingerprint density at radius 1 is 0.939 bits per heavy atom. The molecule has 0 bridgehead atoms. The lowest BCUT2D eigenvalue weighted by atomic mass is 10.0. The number of methoxy groups -OCH3 is 2. The number of esters is 1. The van der Waals surface area contributed by atoms with Crippen LogP contribution < -0.4 is 10.4 Å². The lowest BCUT2D eigenvalue weighted by Gasteiger charge is -2.45. The summed E-state index contributed by atoms with van der Waals surface area (Å²) in [6, 6.07) is 20.3. The van der Waals surface area contributed by atoms with Gasteiger partial charge < -0.3 is 13.9 Å². The molecule has 0 aromatic heterocycles. The number of hydrogen-bond acceptors (Lipinski definition) is 5. The Morgan fingerprint density at radius 3 is 1.94 bits per heavy atom. The van der Waals surface area contributed by atoms with Gasteiger partial charge in [0.15, 0.2) is 0 Å². The average molecular weight is 468 g/mol. The van der Waals surface area contributed by atoms with Gasteiger partial charge in [-0.15, -0.1) is 0 Å². The number of allylic oxidation sites excluding steroid dienone is 1. The summed E-state index contributed by atoms with van der Waals surface area (Å²) in [5.41, 5.74) is 0.201. The van der Waals surface area contributed by atoms with Crippen LogP contribution in [-0.2, 0) is 18.7 Å². The maximum Gasteiger partial charge on any atom is 0.414 e. The van der Waals surface area contributed by atoms with Gasteiger partial charge in [-0.3, -0.25) is 4.90 Å². The van der Waals surface area contributed by atoms with Gasteiger partial charge in [0.05, 0.1) is 26.9 Å². The second-order valence-corrected chi connectivity index (χ2v) is 13.4. The van der Waals surface area contributed by atoms with Crippen molar-refractivity contribution in [2.24, 2.45) is 0 Å². The number of ether oxygens (including phenoxy) is 2. The summed E-state index contributed by atoms with van der Waals surface area (Å²) in [6.07, 6.45) is 2.44. The fraction of sp³-hybridized carbons (Fsp3) is 0.385. The van der Waals surface area contributed by atoms with Crippen LogP contribution in [0.15, 0.2) is 72.4 Å². The third-order valence-corrected chi connectivity index (χ3v) is 11.1. The van der Waals surface area contributed by atoms with Crippen molar-refractivity contribution in [3.8, 4) is 0 Å². The largest absolute Gasteiger partial charge is 0.464 e. The second kappa shape index (κ2) is 10.4. The third kappa shape index (κ3) is 4.89. The number of carbonyl (C=O) groups excluding carboxylic acids is 2. The standard InChI is InChI=1S/C26H33NO5Si/c1-26(2,3)33(21-14-8-6-9-15-21,22-16-10-7-11-17-22)32-19-20-13-12-18-23(24(28)30-4)27(20)25(29)31-5/h6-11,14-18,20H,12-13,19H2,1-5H3/t20-/m1/s1. The van der Waals surface area contributed by atoms with Crippen LogP contribution in [0.25, 0.3) is 0 Å². The fourth-order valence-corrected chi connectivity index (χ4v) is 9.21. The molecular weight excluding hydrogens is 434 g/mol. The first-order chi connectivity index (χ1) is 15.8.